The van der Waals surface area contributed by atoms with Crippen molar-refractivity contribution in [3.8, 4) is 0 Å². The summed E-state index contributed by atoms with van der Waals surface area (Å²) < 4.78 is 27.1. The maximum Gasteiger partial charge on any atom is 0.243 e. The quantitative estimate of drug-likeness (QED) is 0.524. The van der Waals surface area contributed by atoms with E-state index in [1.165, 1.54) is 24.1 Å². The molecule has 186 valence electrons. The van der Waals surface area contributed by atoms with Gasteiger partial charge in [-0.05, 0) is 51.3 Å². The highest BCUT2D eigenvalue weighted by molar-refractivity contribution is 7.89. The molecule has 0 fully saturated rings. The van der Waals surface area contributed by atoms with Crippen molar-refractivity contribution < 1.29 is 18.0 Å². The van der Waals surface area contributed by atoms with Crippen LogP contribution >= 0.6 is 0 Å². The molecule has 2 aromatic rings. The van der Waals surface area contributed by atoms with E-state index in [4.69, 9.17) is 0 Å². The summed E-state index contributed by atoms with van der Waals surface area (Å²) >= 11 is 0. The number of nitrogens with one attached hydrogen (secondary N) is 1. The molecule has 0 aromatic heterocycles. The molecule has 0 aliphatic carbocycles. The molecule has 0 aliphatic heterocycles. The summed E-state index contributed by atoms with van der Waals surface area (Å²) in [6.07, 6.45) is 1.18. The van der Waals surface area contributed by atoms with E-state index >= 15 is 0 Å². The van der Waals surface area contributed by atoms with E-state index in [9.17, 15) is 18.0 Å². The van der Waals surface area contributed by atoms with Gasteiger partial charge in [0.1, 0.15) is 6.04 Å². The summed E-state index contributed by atoms with van der Waals surface area (Å²) in [5.41, 5.74) is 2.91. The molecule has 2 rings (SSSR count). The van der Waals surface area contributed by atoms with E-state index in [1.807, 2.05) is 58.9 Å². The highest BCUT2D eigenvalue weighted by Crippen LogP contribution is 2.18. The van der Waals surface area contributed by atoms with Gasteiger partial charge in [-0.1, -0.05) is 61.4 Å². The van der Waals surface area contributed by atoms with E-state index < -0.39 is 22.0 Å². The first-order chi connectivity index (χ1) is 16.0. The van der Waals surface area contributed by atoms with Crippen molar-refractivity contribution in [2.45, 2.75) is 71.0 Å². The van der Waals surface area contributed by atoms with Gasteiger partial charge in [-0.25, -0.2) is 8.42 Å². The molecule has 1 N–H and O–H groups in total. The number of hydrogen-bond acceptors (Lipinski definition) is 4. The Bertz CT molecular complexity index is 1070. The molecule has 7 nitrogen and oxygen atoms in total. The number of hydrogen-bond donors (Lipinski definition) is 1. The van der Waals surface area contributed by atoms with Crippen LogP contribution in [0.4, 0.5) is 0 Å². The first-order valence-corrected chi connectivity index (χ1v) is 13.1. The summed E-state index contributed by atoms with van der Waals surface area (Å²) in [6.45, 7) is 9.45. The molecular formula is C26H37N3O4S. The molecule has 0 heterocycles. The van der Waals surface area contributed by atoms with Crippen molar-refractivity contribution in [1.29, 1.82) is 0 Å². The number of nitrogens with zero attached hydrogens (tertiary/aromatic N) is 2. The highest BCUT2D eigenvalue weighted by atomic mass is 32.2. The largest absolute Gasteiger partial charge is 0.352 e. The summed E-state index contributed by atoms with van der Waals surface area (Å²) in [7, 11) is -2.47. The molecule has 0 bridgehead atoms. The lowest BCUT2D eigenvalue weighted by Gasteiger charge is -2.32. The Balaban J connectivity index is 2.32. The van der Waals surface area contributed by atoms with Crippen molar-refractivity contribution in [2.24, 2.45) is 0 Å². The van der Waals surface area contributed by atoms with E-state index in [0.29, 0.717) is 6.42 Å². The van der Waals surface area contributed by atoms with Crippen LogP contribution in [0.25, 0.3) is 0 Å². The van der Waals surface area contributed by atoms with Gasteiger partial charge in [0.2, 0.25) is 21.8 Å². The van der Waals surface area contributed by atoms with Crippen LogP contribution in [0.15, 0.2) is 53.4 Å². The standard InChI is InChI=1S/C26H37N3O4S/c1-7-21(5)27-26(31)24(8-2)29(17-22-13-9-19(3)10-14-22)25(30)18-28(6)34(32,33)23-15-11-20(4)12-16-23/h9-16,21,24H,7-8,17-18H2,1-6H3,(H,27,31)/t21-,24+/m1/s1. The van der Waals surface area contributed by atoms with Gasteiger partial charge in [0.25, 0.3) is 0 Å². The number of amides is 2. The minimum Gasteiger partial charge on any atom is -0.352 e. The number of rotatable bonds is 11. The average molecular weight is 488 g/mol. The number of benzene rings is 2. The Kier molecular flexibility index (Phi) is 9.82. The predicted molar refractivity (Wildman–Crippen MR) is 135 cm³/mol. The monoisotopic (exact) mass is 487 g/mol. The van der Waals surface area contributed by atoms with Crippen molar-refractivity contribution in [2.75, 3.05) is 13.6 Å². The first kappa shape index (κ1) is 27.5. The molecule has 0 saturated carbocycles. The average Bonchev–Trinajstić information content (AvgIpc) is 2.80. The van der Waals surface area contributed by atoms with Crippen LogP contribution in [0.3, 0.4) is 0 Å². The molecule has 2 amide bonds. The van der Waals surface area contributed by atoms with Gasteiger partial charge < -0.3 is 10.2 Å². The fourth-order valence-corrected chi connectivity index (χ4v) is 4.63. The molecule has 0 aliphatic rings. The van der Waals surface area contributed by atoms with Crippen molar-refractivity contribution in [3.63, 3.8) is 0 Å². The van der Waals surface area contributed by atoms with Gasteiger partial charge in [0, 0.05) is 19.6 Å². The molecule has 0 unspecified atom stereocenters. The van der Waals surface area contributed by atoms with Gasteiger partial charge in [0.05, 0.1) is 11.4 Å². The lowest BCUT2D eigenvalue weighted by molar-refractivity contribution is -0.141. The predicted octanol–water partition coefficient (Wildman–Crippen LogP) is 3.65. The number of carbonyl (C=O) groups excluding carboxylic acids is 2. The van der Waals surface area contributed by atoms with Gasteiger partial charge >= 0.3 is 0 Å². The fraction of sp³-hybridized carbons (Fsp3) is 0.462. The van der Waals surface area contributed by atoms with Crippen molar-refractivity contribution in [1.82, 2.24) is 14.5 Å². The third-order valence-electron chi connectivity index (χ3n) is 5.95. The smallest absolute Gasteiger partial charge is 0.243 e. The van der Waals surface area contributed by atoms with E-state index in [0.717, 1.165) is 27.4 Å². The number of carbonyl (C=O) groups is 2. The topological polar surface area (TPSA) is 86.8 Å². The minimum atomic E-state index is -3.85. The third-order valence-corrected chi connectivity index (χ3v) is 7.77. The van der Waals surface area contributed by atoms with Crippen LogP contribution in [0.2, 0.25) is 0 Å². The molecule has 2 atom stereocenters. The number of sulfonamides is 1. The fourth-order valence-electron chi connectivity index (χ4n) is 3.51. The van der Waals surface area contributed by atoms with Crippen LogP contribution in [0.1, 0.15) is 50.3 Å². The Labute approximate surface area is 204 Å². The molecule has 0 spiro atoms. The van der Waals surface area contributed by atoms with Crippen LogP contribution in [-0.4, -0.2) is 55.1 Å². The highest BCUT2D eigenvalue weighted by Gasteiger charge is 2.32. The van der Waals surface area contributed by atoms with Crippen molar-refractivity contribution >= 4 is 21.8 Å². The van der Waals surface area contributed by atoms with Crippen LogP contribution in [0, 0.1) is 13.8 Å². The lowest BCUT2D eigenvalue weighted by atomic mass is 10.1. The molecule has 0 saturated heterocycles. The molecule has 8 heteroatoms. The Morgan fingerprint density at radius 3 is 1.94 bits per heavy atom. The summed E-state index contributed by atoms with van der Waals surface area (Å²) in [5, 5.41) is 2.96. The van der Waals surface area contributed by atoms with E-state index in [-0.39, 0.29) is 29.9 Å². The first-order valence-electron chi connectivity index (χ1n) is 11.7. The van der Waals surface area contributed by atoms with Gasteiger partial charge in [0.15, 0.2) is 0 Å². The normalized spacial score (nSPS) is 13.4. The molecule has 2 aromatic carbocycles. The van der Waals surface area contributed by atoms with Gasteiger partial charge in [-0.3, -0.25) is 9.59 Å². The maximum atomic E-state index is 13.5. The summed E-state index contributed by atoms with van der Waals surface area (Å²) in [4.78, 5) is 28.1. The van der Waals surface area contributed by atoms with Crippen LogP contribution < -0.4 is 5.32 Å². The molecule has 0 radical (unpaired) electrons. The molecular weight excluding hydrogens is 450 g/mol. The summed E-state index contributed by atoms with van der Waals surface area (Å²) in [5.74, 6) is -0.661. The van der Waals surface area contributed by atoms with E-state index in [1.54, 1.807) is 12.1 Å². The number of aryl methyl sites for hydroxylation is 2. The second-order valence-corrected chi connectivity index (χ2v) is 10.9. The second kappa shape index (κ2) is 12.1. The van der Waals surface area contributed by atoms with E-state index in [2.05, 4.69) is 5.32 Å². The zero-order valence-corrected chi connectivity index (χ0v) is 21.9. The lowest BCUT2D eigenvalue weighted by Crippen LogP contribution is -2.53. The Morgan fingerprint density at radius 1 is 0.912 bits per heavy atom. The Hall–Kier alpha value is -2.71. The Morgan fingerprint density at radius 2 is 1.44 bits per heavy atom. The van der Waals surface area contributed by atoms with Gasteiger partial charge in [-0.2, -0.15) is 4.31 Å². The second-order valence-electron chi connectivity index (χ2n) is 8.82. The minimum absolute atomic E-state index is 0.0255. The third kappa shape index (κ3) is 7.14. The van der Waals surface area contributed by atoms with Crippen LogP contribution in [0.5, 0.6) is 0 Å². The SMILES string of the molecule is CC[C@@H](C)NC(=O)[C@H](CC)N(Cc1ccc(C)cc1)C(=O)CN(C)S(=O)(=O)c1ccc(C)cc1. The maximum absolute atomic E-state index is 13.5. The zero-order valence-electron chi connectivity index (χ0n) is 21.0. The summed E-state index contributed by atoms with van der Waals surface area (Å²) in [6, 6.07) is 13.5. The van der Waals surface area contributed by atoms with Crippen molar-refractivity contribution in [3.05, 3.63) is 65.2 Å². The molecule has 34 heavy (non-hydrogen) atoms. The zero-order chi connectivity index (χ0) is 25.5. The number of likely N-dealkylation sites (N-methyl/N-ethyl adjacent to an activating group) is 1. The van der Waals surface area contributed by atoms with Crippen LogP contribution in [-0.2, 0) is 26.2 Å². The van der Waals surface area contributed by atoms with Gasteiger partial charge in [-0.15, -0.1) is 0 Å².